The van der Waals surface area contributed by atoms with Gasteiger partial charge in [0.1, 0.15) is 0 Å². The number of likely N-dealkylation sites (N-methyl/N-ethyl adjacent to an activating group) is 1. The fourth-order valence-corrected chi connectivity index (χ4v) is 3.72. The fraction of sp³-hybridized carbons (Fsp3) is 0.478. The van der Waals surface area contributed by atoms with E-state index in [4.69, 9.17) is 9.47 Å². The molecule has 144 valence electrons. The molecule has 1 unspecified atom stereocenters. The average molecular weight is 367 g/mol. The van der Waals surface area contributed by atoms with Gasteiger partial charge in [0.15, 0.2) is 0 Å². The molecule has 2 aliphatic heterocycles. The van der Waals surface area contributed by atoms with Crippen LogP contribution in [0.15, 0.2) is 48.5 Å². The lowest BCUT2D eigenvalue weighted by Gasteiger charge is -2.32. The summed E-state index contributed by atoms with van der Waals surface area (Å²) in [4.78, 5) is 4.94. The lowest BCUT2D eigenvalue weighted by atomic mass is 10.0. The molecule has 0 amide bonds. The van der Waals surface area contributed by atoms with E-state index in [1.807, 2.05) is 0 Å². The van der Waals surface area contributed by atoms with Crippen LogP contribution in [0.1, 0.15) is 17.5 Å². The Morgan fingerprint density at radius 2 is 1.52 bits per heavy atom. The summed E-state index contributed by atoms with van der Waals surface area (Å²) in [6.45, 7) is 7.94. The van der Waals surface area contributed by atoms with Gasteiger partial charge in [0.25, 0.3) is 0 Å². The summed E-state index contributed by atoms with van der Waals surface area (Å²) in [7, 11) is 2.20. The molecule has 2 aliphatic rings. The molecule has 27 heavy (non-hydrogen) atoms. The van der Waals surface area contributed by atoms with E-state index in [1.54, 1.807) is 0 Å². The van der Waals surface area contributed by atoms with Gasteiger partial charge in [0, 0.05) is 39.3 Å². The van der Waals surface area contributed by atoms with Crippen LogP contribution in [0.4, 0.5) is 0 Å². The molecule has 0 radical (unpaired) electrons. The first-order chi connectivity index (χ1) is 13.3. The predicted molar refractivity (Wildman–Crippen MR) is 109 cm³/mol. The third kappa shape index (κ3) is 5.17. The van der Waals surface area contributed by atoms with Gasteiger partial charge >= 0.3 is 0 Å². The van der Waals surface area contributed by atoms with Crippen LogP contribution in [-0.2, 0) is 22.6 Å². The van der Waals surface area contributed by atoms with Crippen molar-refractivity contribution in [2.75, 3.05) is 46.4 Å². The van der Waals surface area contributed by atoms with Crippen LogP contribution < -0.4 is 0 Å². The first kappa shape index (κ1) is 18.6. The van der Waals surface area contributed by atoms with Crippen molar-refractivity contribution in [1.82, 2.24) is 9.80 Å². The molecule has 0 spiro atoms. The second-order valence-electron chi connectivity index (χ2n) is 7.77. The number of piperazine rings is 1. The van der Waals surface area contributed by atoms with Crippen LogP contribution >= 0.6 is 0 Å². The van der Waals surface area contributed by atoms with Crippen molar-refractivity contribution in [3.63, 3.8) is 0 Å². The van der Waals surface area contributed by atoms with Gasteiger partial charge in [-0.05, 0) is 35.7 Å². The largest absolute Gasteiger partial charge is 0.379 e. The first-order valence-electron chi connectivity index (χ1n) is 10.0. The lowest BCUT2D eigenvalue weighted by Crippen LogP contribution is -2.43. The minimum absolute atomic E-state index is 0.262. The Morgan fingerprint density at radius 1 is 0.889 bits per heavy atom. The van der Waals surface area contributed by atoms with Crippen molar-refractivity contribution in [2.24, 2.45) is 0 Å². The first-order valence-corrected chi connectivity index (χ1v) is 10.0. The Balaban J connectivity index is 1.31. The van der Waals surface area contributed by atoms with Gasteiger partial charge in [-0.3, -0.25) is 4.90 Å². The molecule has 4 nitrogen and oxygen atoms in total. The Morgan fingerprint density at radius 3 is 2.11 bits per heavy atom. The summed E-state index contributed by atoms with van der Waals surface area (Å²) in [6.07, 6.45) is 1.27. The normalized spacial score (nSPS) is 21.6. The minimum atomic E-state index is 0.262. The molecule has 2 fully saturated rings. The highest BCUT2D eigenvalue weighted by atomic mass is 16.5. The van der Waals surface area contributed by atoms with Crippen molar-refractivity contribution in [3.05, 3.63) is 59.7 Å². The maximum Gasteiger partial charge on any atom is 0.0834 e. The highest BCUT2D eigenvalue weighted by molar-refractivity contribution is 5.63. The van der Waals surface area contributed by atoms with Crippen LogP contribution in [0.5, 0.6) is 0 Å². The summed E-state index contributed by atoms with van der Waals surface area (Å²) in [6, 6.07) is 17.8. The van der Waals surface area contributed by atoms with Crippen molar-refractivity contribution in [2.45, 2.75) is 25.7 Å². The molecule has 0 bridgehead atoms. The number of rotatable bonds is 6. The lowest BCUT2D eigenvalue weighted by molar-refractivity contribution is 0.0317. The van der Waals surface area contributed by atoms with Crippen LogP contribution in [0.25, 0.3) is 11.1 Å². The van der Waals surface area contributed by atoms with E-state index in [0.29, 0.717) is 6.61 Å². The quantitative estimate of drug-likeness (QED) is 0.782. The molecule has 4 rings (SSSR count). The van der Waals surface area contributed by atoms with E-state index in [2.05, 4.69) is 65.4 Å². The Labute approximate surface area is 162 Å². The predicted octanol–water partition coefficient (Wildman–Crippen LogP) is 3.41. The maximum absolute atomic E-state index is 5.90. The van der Waals surface area contributed by atoms with Gasteiger partial charge in [0.05, 0.1) is 19.3 Å². The molecular formula is C23H30N2O2. The summed E-state index contributed by atoms with van der Waals surface area (Å²) < 4.78 is 11.3. The van der Waals surface area contributed by atoms with Gasteiger partial charge in [-0.15, -0.1) is 0 Å². The highest BCUT2D eigenvalue weighted by Gasteiger charge is 2.16. The van der Waals surface area contributed by atoms with Gasteiger partial charge in [-0.1, -0.05) is 48.5 Å². The molecule has 0 aromatic heterocycles. The van der Waals surface area contributed by atoms with Gasteiger partial charge < -0.3 is 14.4 Å². The van der Waals surface area contributed by atoms with Crippen molar-refractivity contribution in [3.8, 4) is 11.1 Å². The second kappa shape index (κ2) is 8.98. The number of ether oxygens (including phenoxy) is 2. The molecule has 2 heterocycles. The summed E-state index contributed by atoms with van der Waals surface area (Å²) >= 11 is 0. The van der Waals surface area contributed by atoms with Crippen molar-refractivity contribution >= 4 is 0 Å². The minimum Gasteiger partial charge on any atom is -0.379 e. The summed E-state index contributed by atoms with van der Waals surface area (Å²) in [5.74, 6) is 0. The van der Waals surface area contributed by atoms with E-state index in [0.717, 1.165) is 39.3 Å². The average Bonchev–Trinajstić information content (AvgIpc) is 3.23. The van der Waals surface area contributed by atoms with Gasteiger partial charge in [-0.2, -0.15) is 0 Å². The zero-order valence-electron chi connectivity index (χ0n) is 16.3. The van der Waals surface area contributed by atoms with E-state index in [1.165, 1.54) is 35.3 Å². The topological polar surface area (TPSA) is 24.9 Å². The molecule has 4 heteroatoms. The van der Waals surface area contributed by atoms with Crippen molar-refractivity contribution in [1.29, 1.82) is 0 Å². The smallest absolute Gasteiger partial charge is 0.0834 e. The third-order valence-corrected chi connectivity index (χ3v) is 5.62. The van der Waals surface area contributed by atoms with Crippen LogP contribution in [0.3, 0.4) is 0 Å². The molecule has 2 saturated heterocycles. The molecular weight excluding hydrogens is 336 g/mol. The SMILES string of the molecule is CN1CCN(Cc2ccc(-c3ccc(COC4CCOC4)cc3)cc2)CC1. The van der Waals surface area contributed by atoms with Crippen molar-refractivity contribution < 1.29 is 9.47 Å². The van der Waals surface area contributed by atoms with Gasteiger partial charge in [0.2, 0.25) is 0 Å². The zero-order chi connectivity index (χ0) is 18.5. The van der Waals surface area contributed by atoms with Gasteiger partial charge in [-0.25, -0.2) is 0 Å². The molecule has 2 aromatic carbocycles. The van der Waals surface area contributed by atoms with Crippen LogP contribution in [-0.4, -0.2) is 62.3 Å². The fourth-order valence-electron chi connectivity index (χ4n) is 3.72. The molecule has 0 saturated carbocycles. The molecule has 2 aromatic rings. The highest BCUT2D eigenvalue weighted by Crippen LogP contribution is 2.22. The Hall–Kier alpha value is -1.72. The molecule has 0 aliphatic carbocycles. The zero-order valence-corrected chi connectivity index (χ0v) is 16.3. The van der Waals surface area contributed by atoms with Crippen LogP contribution in [0, 0.1) is 0 Å². The van der Waals surface area contributed by atoms with E-state index in [9.17, 15) is 0 Å². The number of hydrogen-bond acceptors (Lipinski definition) is 4. The van der Waals surface area contributed by atoms with Crippen LogP contribution in [0.2, 0.25) is 0 Å². The molecule has 1 atom stereocenters. The monoisotopic (exact) mass is 366 g/mol. The second-order valence-corrected chi connectivity index (χ2v) is 7.77. The van der Waals surface area contributed by atoms with E-state index in [-0.39, 0.29) is 6.10 Å². The molecule has 0 N–H and O–H groups in total. The summed E-state index contributed by atoms with van der Waals surface area (Å²) in [5.41, 5.74) is 5.15. The standard InChI is InChI=1S/C23H30N2O2/c1-24-11-13-25(14-12-24)16-19-2-6-21(7-3-19)22-8-4-20(5-9-22)17-27-23-10-15-26-18-23/h2-9,23H,10-18H2,1H3. The third-order valence-electron chi connectivity index (χ3n) is 5.62. The summed E-state index contributed by atoms with van der Waals surface area (Å²) in [5, 5.41) is 0. The maximum atomic E-state index is 5.90. The number of benzene rings is 2. The van der Waals surface area contributed by atoms with E-state index < -0.39 is 0 Å². The Kier molecular flexibility index (Phi) is 6.20. The van der Waals surface area contributed by atoms with E-state index >= 15 is 0 Å². The number of nitrogens with zero attached hydrogens (tertiary/aromatic N) is 2. The number of hydrogen-bond donors (Lipinski definition) is 0. The Bertz CT molecular complexity index is 700.